The van der Waals surface area contributed by atoms with Gasteiger partial charge in [0.15, 0.2) is 11.5 Å². The van der Waals surface area contributed by atoms with Crippen LogP contribution in [0.25, 0.3) is 0 Å². The molecule has 0 unspecified atom stereocenters. The van der Waals surface area contributed by atoms with E-state index in [2.05, 4.69) is 10.5 Å². The number of carbonyl (C=O) groups is 1. The molecule has 1 amide bonds. The zero-order valence-corrected chi connectivity index (χ0v) is 11.8. The van der Waals surface area contributed by atoms with E-state index in [1.54, 1.807) is 43.3 Å². The van der Waals surface area contributed by atoms with Gasteiger partial charge in [-0.05, 0) is 31.2 Å². The van der Waals surface area contributed by atoms with Crippen LogP contribution in [-0.4, -0.2) is 18.4 Å². The van der Waals surface area contributed by atoms with Crippen molar-refractivity contribution in [1.29, 1.82) is 0 Å². The van der Waals surface area contributed by atoms with Gasteiger partial charge in [-0.1, -0.05) is 18.2 Å². The van der Waals surface area contributed by atoms with Crippen molar-refractivity contribution in [2.75, 3.05) is 6.79 Å². The Kier molecular flexibility index (Phi) is 3.74. The van der Waals surface area contributed by atoms with Crippen LogP contribution in [0.2, 0.25) is 0 Å². The molecule has 112 valence electrons. The van der Waals surface area contributed by atoms with Crippen LogP contribution < -0.4 is 14.9 Å². The van der Waals surface area contributed by atoms with Crippen molar-refractivity contribution >= 4 is 11.6 Å². The second-order valence-corrected chi connectivity index (χ2v) is 4.69. The van der Waals surface area contributed by atoms with E-state index in [9.17, 15) is 9.18 Å². The van der Waals surface area contributed by atoms with E-state index >= 15 is 0 Å². The van der Waals surface area contributed by atoms with E-state index in [-0.39, 0.29) is 12.6 Å². The summed E-state index contributed by atoms with van der Waals surface area (Å²) in [5.74, 6) is 0.320. The molecule has 1 heterocycles. The second kappa shape index (κ2) is 5.85. The standard InChI is InChI=1S/C16H13FN2O3/c1-10(12-4-2-3-5-13(12)17)18-19-16(20)11-6-7-14-15(8-11)22-9-21-14/h2-8H,9H2,1H3,(H,19,20). The third kappa shape index (κ3) is 2.76. The largest absolute Gasteiger partial charge is 0.454 e. The molecule has 1 aliphatic rings. The zero-order valence-electron chi connectivity index (χ0n) is 11.8. The summed E-state index contributed by atoms with van der Waals surface area (Å²) in [4.78, 5) is 12.1. The van der Waals surface area contributed by atoms with Crippen LogP contribution in [0.4, 0.5) is 4.39 Å². The van der Waals surface area contributed by atoms with Crippen LogP contribution >= 0.6 is 0 Å². The van der Waals surface area contributed by atoms with Gasteiger partial charge in [0.2, 0.25) is 6.79 Å². The summed E-state index contributed by atoms with van der Waals surface area (Å²) in [6.07, 6.45) is 0. The molecule has 3 rings (SSSR count). The van der Waals surface area contributed by atoms with Crippen LogP contribution in [0.1, 0.15) is 22.8 Å². The molecule has 22 heavy (non-hydrogen) atoms. The minimum absolute atomic E-state index is 0.144. The fourth-order valence-corrected chi connectivity index (χ4v) is 2.05. The first-order valence-corrected chi connectivity index (χ1v) is 6.64. The van der Waals surface area contributed by atoms with E-state index in [0.717, 1.165) is 0 Å². The maximum absolute atomic E-state index is 13.6. The highest BCUT2D eigenvalue weighted by molar-refractivity contribution is 6.01. The van der Waals surface area contributed by atoms with Crippen LogP contribution in [0.3, 0.4) is 0 Å². The lowest BCUT2D eigenvalue weighted by Gasteiger charge is -2.04. The number of halogens is 1. The zero-order chi connectivity index (χ0) is 15.5. The van der Waals surface area contributed by atoms with Gasteiger partial charge in [-0.2, -0.15) is 5.10 Å². The molecule has 0 aromatic heterocycles. The lowest BCUT2D eigenvalue weighted by Crippen LogP contribution is -2.19. The SMILES string of the molecule is CC(=NNC(=O)c1ccc2c(c1)OCO2)c1ccccc1F. The molecule has 6 heteroatoms. The summed E-state index contributed by atoms with van der Waals surface area (Å²) in [5, 5.41) is 3.93. The minimum atomic E-state index is -0.408. The van der Waals surface area contributed by atoms with Crippen molar-refractivity contribution in [3.8, 4) is 11.5 Å². The first kappa shape index (κ1) is 14.1. The quantitative estimate of drug-likeness (QED) is 0.700. The first-order valence-electron chi connectivity index (χ1n) is 6.64. The van der Waals surface area contributed by atoms with Gasteiger partial charge in [0.25, 0.3) is 5.91 Å². The maximum atomic E-state index is 13.6. The van der Waals surface area contributed by atoms with Crippen LogP contribution in [-0.2, 0) is 0 Å². The second-order valence-electron chi connectivity index (χ2n) is 4.69. The van der Waals surface area contributed by atoms with Gasteiger partial charge in [0.1, 0.15) is 5.82 Å². The number of hydrogen-bond acceptors (Lipinski definition) is 4. The number of fused-ring (bicyclic) bond motifs is 1. The molecule has 5 nitrogen and oxygen atoms in total. The normalized spacial score (nSPS) is 13.1. The molecule has 0 saturated heterocycles. The summed E-state index contributed by atoms with van der Waals surface area (Å²) in [5.41, 5.74) is 3.51. The number of amides is 1. The third-order valence-electron chi connectivity index (χ3n) is 3.22. The highest BCUT2D eigenvalue weighted by atomic mass is 19.1. The maximum Gasteiger partial charge on any atom is 0.271 e. The summed E-state index contributed by atoms with van der Waals surface area (Å²) in [7, 11) is 0. The summed E-state index contributed by atoms with van der Waals surface area (Å²) in [6.45, 7) is 1.77. The Balaban J connectivity index is 1.74. The van der Waals surface area contributed by atoms with Gasteiger partial charge in [-0.3, -0.25) is 4.79 Å². The van der Waals surface area contributed by atoms with Crippen molar-refractivity contribution in [2.24, 2.45) is 5.10 Å². The monoisotopic (exact) mass is 300 g/mol. The first-order chi connectivity index (χ1) is 10.6. The number of hydrazone groups is 1. The number of benzene rings is 2. The fourth-order valence-electron chi connectivity index (χ4n) is 2.05. The van der Waals surface area contributed by atoms with Gasteiger partial charge >= 0.3 is 0 Å². The van der Waals surface area contributed by atoms with E-state index in [1.165, 1.54) is 6.07 Å². The number of nitrogens with zero attached hydrogens (tertiary/aromatic N) is 1. The van der Waals surface area contributed by atoms with E-state index in [0.29, 0.717) is 28.3 Å². The number of nitrogens with one attached hydrogen (secondary N) is 1. The molecule has 0 fully saturated rings. The highest BCUT2D eigenvalue weighted by Gasteiger charge is 2.16. The number of ether oxygens (including phenoxy) is 2. The lowest BCUT2D eigenvalue weighted by molar-refractivity contribution is 0.0954. The molecule has 0 atom stereocenters. The van der Waals surface area contributed by atoms with Crippen molar-refractivity contribution in [3.05, 3.63) is 59.4 Å². The van der Waals surface area contributed by atoms with E-state index < -0.39 is 5.91 Å². The van der Waals surface area contributed by atoms with Gasteiger partial charge in [0, 0.05) is 11.1 Å². The lowest BCUT2D eigenvalue weighted by atomic mass is 10.1. The average Bonchev–Trinajstić information content (AvgIpc) is 3.00. The summed E-state index contributed by atoms with van der Waals surface area (Å²) in [6, 6.07) is 11.1. The van der Waals surface area contributed by atoms with Crippen molar-refractivity contribution < 1.29 is 18.7 Å². The van der Waals surface area contributed by atoms with E-state index in [1.807, 2.05) is 0 Å². The topological polar surface area (TPSA) is 59.9 Å². The number of rotatable bonds is 3. The van der Waals surface area contributed by atoms with Crippen molar-refractivity contribution in [2.45, 2.75) is 6.92 Å². The van der Waals surface area contributed by atoms with Gasteiger partial charge in [-0.25, -0.2) is 9.82 Å². The van der Waals surface area contributed by atoms with Gasteiger partial charge in [-0.15, -0.1) is 0 Å². The molecule has 0 radical (unpaired) electrons. The molecule has 0 aliphatic carbocycles. The van der Waals surface area contributed by atoms with Gasteiger partial charge < -0.3 is 9.47 Å². The number of hydrogen-bond donors (Lipinski definition) is 1. The van der Waals surface area contributed by atoms with Crippen molar-refractivity contribution in [1.82, 2.24) is 5.43 Å². The Hall–Kier alpha value is -2.89. The van der Waals surface area contributed by atoms with Crippen LogP contribution in [0.5, 0.6) is 11.5 Å². The number of carbonyl (C=O) groups excluding carboxylic acids is 1. The fraction of sp³-hybridized carbons (Fsp3) is 0.125. The Labute approximate surface area is 126 Å². The Bertz CT molecular complexity index is 759. The average molecular weight is 300 g/mol. The molecule has 0 bridgehead atoms. The Morgan fingerprint density at radius 1 is 1.18 bits per heavy atom. The van der Waals surface area contributed by atoms with Crippen molar-refractivity contribution in [3.63, 3.8) is 0 Å². The molecular weight excluding hydrogens is 287 g/mol. The summed E-state index contributed by atoms with van der Waals surface area (Å²) < 4.78 is 24.0. The van der Waals surface area contributed by atoms with Crippen LogP contribution in [0.15, 0.2) is 47.6 Å². The molecule has 1 N–H and O–H groups in total. The Morgan fingerprint density at radius 2 is 1.95 bits per heavy atom. The van der Waals surface area contributed by atoms with Gasteiger partial charge in [0.05, 0.1) is 5.71 Å². The Morgan fingerprint density at radius 3 is 2.77 bits per heavy atom. The smallest absolute Gasteiger partial charge is 0.271 e. The molecule has 2 aromatic carbocycles. The molecule has 2 aromatic rings. The highest BCUT2D eigenvalue weighted by Crippen LogP contribution is 2.32. The summed E-state index contributed by atoms with van der Waals surface area (Å²) >= 11 is 0. The molecular formula is C16H13FN2O3. The molecule has 0 saturated carbocycles. The third-order valence-corrected chi connectivity index (χ3v) is 3.22. The minimum Gasteiger partial charge on any atom is -0.454 e. The van der Waals surface area contributed by atoms with E-state index in [4.69, 9.17) is 9.47 Å². The molecule has 0 spiro atoms. The predicted molar refractivity (Wildman–Crippen MR) is 78.6 cm³/mol. The predicted octanol–water partition coefficient (Wildman–Crippen LogP) is 2.71. The van der Waals surface area contributed by atoms with Crippen LogP contribution in [0, 0.1) is 5.82 Å². The molecule has 1 aliphatic heterocycles.